The van der Waals surface area contributed by atoms with Crippen molar-refractivity contribution in [2.24, 2.45) is 5.73 Å². The number of aromatic hydroxyl groups is 2. The summed E-state index contributed by atoms with van der Waals surface area (Å²) in [7, 11) is 0. The number of benzene rings is 4. The van der Waals surface area contributed by atoms with Crippen LogP contribution in [0.15, 0.2) is 72.8 Å². The minimum absolute atomic E-state index is 0.0188. The Kier molecular flexibility index (Phi) is 11.7. The van der Waals surface area contributed by atoms with Gasteiger partial charge in [0.15, 0.2) is 23.1 Å². The number of fused-ring (bicyclic) bond motifs is 2. The zero-order chi connectivity index (χ0) is 42.4. The van der Waals surface area contributed by atoms with E-state index < -0.39 is 64.1 Å². The minimum Gasteiger partial charge on any atom is -0.505 e. The van der Waals surface area contributed by atoms with E-state index in [2.05, 4.69) is 5.32 Å². The maximum absolute atomic E-state index is 15.4. The highest BCUT2D eigenvalue weighted by Crippen LogP contribution is 2.52. The highest BCUT2D eigenvalue weighted by atomic mass is 35.5. The van der Waals surface area contributed by atoms with Crippen molar-refractivity contribution >= 4 is 68.6 Å². The Labute approximate surface area is 343 Å². The Balaban J connectivity index is 1.80. The molecule has 302 valence electrons. The van der Waals surface area contributed by atoms with Crippen LogP contribution in [0.5, 0.6) is 11.5 Å². The molecule has 2 amide bonds. The Morgan fingerprint density at radius 1 is 0.776 bits per heavy atom. The van der Waals surface area contributed by atoms with E-state index in [1.807, 2.05) is 13.8 Å². The fraction of sp³-hybridized carbons (Fsp3) is 0.273. The van der Waals surface area contributed by atoms with Gasteiger partial charge in [0.1, 0.15) is 0 Å². The first-order valence-electron chi connectivity index (χ1n) is 18.8. The van der Waals surface area contributed by atoms with Gasteiger partial charge in [-0.05, 0) is 105 Å². The van der Waals surface area contributed by atoms with E-state index in [-0.39, 0.29) is 61.9 Å². The summed E-state index contributed by atoms with van der Waals surface area (Å²) >= 11 is 12.3. The van der Waals surface area contributed by atoms with Crippen molar-refractivity contribution in [3.63, 3.8) is 0 Å². The number of primary amides is 1. The van der Waals surface area contributed by atoms with Crippen molar-refractivity contribution in [1.29, 1.82) is 0 Å². The molecule has 58 heavy (non-hydrogen) atoms. The molecule has 10 nitrogen and oxygen atoms in total. The highest BCUT2D eigenvalue weighted by Gasteiger charge is 2.54. The van der Waals surface area contributed by atoms with Crippen molar-refractivity contribution < 1.29 is 38.2 Å². The van der Waals surface area contributed by atoms with Crippen molar-refractivity contribution in [3.05, 3.63) is 128 Å². The molecule has 6 aromatic rings. The van der Waals surface area contributed by atoms with Crippen LogP contribution in [-0.4, -0.2) is 49.0 Å². The van der Waals surface area contributed by atoms with Gasteiger partial charge in [-0.25, -0.2) is 8.78 Å². The molecule has 0 saturated heterocycles. The zero-order valence-corrected chi connectivity index (χ0v) is 33.9. The molecule has 0 radical (unpaired) electrons. The predicted octanol–water partition coefficient (Wildman–Crippen LogP) is 9.20. The molecule has 0 saturated carbocycles. The molecule has 4 aromatic carbocycles. The molecular formula is C44H42Cl2F2N4O6. The van der Waals surface area contributed by atoms with E-state index in [4.69, 9.17) is 28.9 Å². The third-order valence-electron chi connectivity index (χ3n) is 11.0. The second kappa shape index (κ2) is 16.3. The predicted molar refractivity (Wildman–Crippen MR) is 220 cm³/mol. The standard InChI is InChI=1S/C44H42Cl2F2N4O6/c1-6-8-17-44(43(49)58,38-24(5)52(34-21-32(48)36(54)19-30(34)38)42(57)26-11-15-28(46)16-12-26)39(40(55)50-22(3)7-2)37-23(4)51(33-20-31(47)35(53)18-29(33)37)41(56)25-9-13-27(45)14-10-25/h9-16,18-22,39,53-54H,6-8,17H2,1-5H3,(H2,49,58)(H,50,55). The number of nitrogens with zero attached hydrogens (tertiary/aromatic N) is 2. The summed E-state index contributed by atoms with van der Waals surface area (Å²) in [6, 6.07) is 15.6. The fourth-order valence-corrected chi connectivity index (χ4v) is 8.31. The number of aromatic nitrogens is 2. The van der Waals surface area contributed by atoms with Gasteiger partial charge < -0.3 is 21.3 Å². The Bertz CT molecular complexity index is 2620. The molecule has 6 rings (SSSR count). The van der Waals surface area contributed by atoms with Crippen LogP contribution in [0, 0.1) is 25.5 Å². The third-order valence-corrected chi connectivity index (χ3v) is 11.5. The normalized spacial score (nSPS) is 13.7. The molecule has 2 aromatic heterocycles. The summed E-state index contributed by atoms with van der Waals surface area (Å²) in [5, 5.41) is 25.5. The fourth-order valence-electron chi connectivity index (χ4n) is 8.05. The summed E-state index contributed by atoms with van der Waals surface area (Å²) in [5.41, 5.74) is 5.12. The van der Waals surface area contributed by atoms with Crippen molar-refractivity contribution in [2.75, 3.05) is 0 Å². The number of carbonyl (C=O) groups is 4. The first kappa shape index (κ1) is 41.9. The zero-order valence-electron chi connectivity index (χ0n) is 32.4. The molecule has 0 fully saturated rings. The van der Waals surface area contributed by atoms with Crippen LogP contribution in [0.4, 0.5) is 8.78 Å². The Morgan fingerprint density at radius 2 is 1.24 bits per heavy atom. The molecule has 3 atom stereocenters. The number of nitrogens with one attached hydrogen (secondary N) is 1. The number of carbonyl (C=O) groups excluding carboxylic acids is 4. The average molecular weight is 832 g/mol. The Morgan fingerprint density at radius 3 is 1.71 bits per heavy atom. The van der Waals surface area contributed by atoms with Crippen LogP contribution in [0.1, 0.15) is 95.6 Å². The molecule has 0 spiro atoms. The van der Waals surface area contributed by atoms with E-state index in [1.165, 1.54) is 71.5 Å². The second-order valence-corrected chi connectivity index (χ2v) is 15.5. The number of nitrogens with two attached hydrogens (primary N) is 1. The van der Waals surface area contributed by atoms with Crippen LogP contribution in [0.2, 0.25) is 10.0 Å². The lowest BCUT2D eigenvalue weighted by molar-refractivity contribution is -0.132. The first-order chi connectivity index (χ1) is 27.5. The van der Waals surface area contributed by atoms with E-state index in [9.17, 15) is 24.6 Å². The van der Waals surface area contributed by atoms with Gasteiger partial charge in [-0.2, -0.15) is 0 Å². The van der Waals surface area contributed by atoms with E-state index in [0.717, 1.165) is 24.3 Å². The molecule has 0 aliphatic heterocycles. The highest BCUT2D eigenvalue weighted by molar-refractivity contribution is 6.31. The number of halogens is 4. The number of hydrogen-bond acceptors (Lipinski definition) is 6. The quantitative estimate of drug-likeness (QED) is 0.0964. The number of amides is 2. The van der Waals surface area contributed by atoms with Gasteiger partial charge in [-0.3, -0.25) is 28.3 Å². The van der Waals surface area contributed by atoms with Gasteiger partial charge in [0, 0.05) is 61.5 Å². The number of phenolic OH excluding ortho intramolecular Hbond substituents is 2. The van der Waals surface area contributed by atoms with Gasteiger partial charge in [0.05, 0.1) is 22.4 Å². The number of unbranched alkanes of at least 4 members (excludes halogenated alkanes) is 1. The van der Waals surface area contributed by atoms with Gasteiger partial charge in [-0.15, -0.1) is 0 Å². The molecule has 5 N–H and O–H groups in total. The molecule has 0 aliphatic carbocycles. The van der Waals surface area contributed by atoms with Crippen LogP contribution >= 0.6 is 23.2 Å². The maximum atomic E-state index is 15.4. The molecule has 0 bridgehead atoms. The summed E-state index contributed by atoms with van der Waals surface area (Å²) in [6.45, 7) is 8.54. The third kappa shape index (κ3) is 7.08. The number of rotatable bonds is 12. The van der Waals surface area contributed by atoms with Crippen LogP contribution in [0.3, 0.4) is 0 Å². The number of hydrogen-bond donors (Lipinski definition) is 4. The lowest BCUT2D eigenvalue weighted by atomic mass is 9.62. The molecule has 3 unspecified atom stereocenters. The van der Waals surface area contributed by atoms with Crippen molar-refractivity contribution in [3.8, 4) is 11.5 Å². The van der Waals surface area contributed by atoms with Crippen LogP contribution < -0.4 is 11.1 Å². The second-order valence-electron chi connectivity index (χ2n) is 14.6. The topological polar surface area (TPSA) is 157 Å². The largest absolute Gasteiger partial charge is 0.505 e. The van der Waals surface area contributed by atoms with Crippen LogP contribution in [-0.2, 0) is 15.0 Å². The van der Waals surface area contributed by atoms with Gasteiger partial charge in [0.2, 0.25) is 11.8 Å². The molecule has 0 aliphatic rings. The Hall–Kier alpha value is -5.72. The molecule has 14 heteroatoms. The first-order valence-corrected chi connectivity index (χ1v) is 19.5. The lowest BCUT2D eigenvalue weighted by Crippen LogP contribution is -2.53. The van der Waals surface area contributed by atoms with E-state index in [1.54, 1.807) is 6.92 Å². The summed E-state index contributed by atoms with van der Waals surface area (Å²) in [4.78, 5) is 58.9. The van der Waals surface area contributed by atoms with E-state index in [0.29, 0.717) is 29.3 Å². The smallest absolute Gasteiger partial charge is 0.262 e. The monoisotopic (exact) mass is 830 g/mol. The van der Waals surface area contributed by atoms with Gasteiger partial charge in [-0.1, -0.05) is 49.9 Å². The maximum Gasteiger partial charge on any atom is 0.262 e. The average Bonchev–Trinajstić information content (AvgIpc) is 3.61. The van der Waals surface area contributed by atoms with Crippen LogP contribution in [0.25, 0.3) is 21.8 Å². The van der Waals surface area contributed by atoms with Crippen molar-refractivity contribution in [1.82, 2.24) is 14.5 Å². The summed E-state index contributed by atoms with van der Waals surface area (Å²) < 4.78 is 33.1. The van der Waals surface area contributed by atoms with Gasteiger partial charge in [0.25, 0.3) is 11.8 Å². The SMILES string of the molecule is CCCCC(C(N)=O)(c1c(C)n(C(=O)c2ccc(Cl)cc2)c2cc(F)c(O)cc12)C(C(=O)NC(C)CC)c1c(C)n(C(=O)c2ccc(Cl)cc2)c2cc(F)c(O)cc12. The number of phenols is 2. The lowest BCUT2D eigenvalue weighted by Gasteiger charge is -2.39. The minimum atomic E-state index is -2.11. The molecular weight excluding hydrogens is 789 g/mol. The summed E-state index contributed by atoms with van der Waals surface area (Å²) in [5.74, 6) is -8.28. The van der Waals surface area contributed by atoms with E-state index >= 15 is 13.6 Å². The van der Waals surface area contributed by atoms with Crippen molar-refractivity contribution in [2.45, 2.75) is 77.7 Å². The summed E-state index contributed by atoms with van der Waals surface area (Å²) in [6.07, 6.45) is 1.15. The van der Waals surface area contributed by atoms with Gasteiger partial charge >= 0.3 is 0 Å². The molecule has 2 heterocycles.